The zero-order valence-corrected chi connectivity index (χ0v) is 15.8. The van der Waals surface area contributed by atoms with E-state index in [1.54, 1.807) is 14.0 Å². The van der Waals surface area contributed by atoms with Crippen LogP contribution in [-0.2, 0) is 9.53 Å². The van der Waals surface area contributed by atoms with Crippen molar-refractivity contribution >= 4 is 5.78 Å². The smallest absolute Gasteiger partial charge is 0.167 e. The number of rotatable bonds is 1. The molecule has 0 saturated heterocycles. The number of Topliss-reactive ketones (excluding diaryl/α,β-unsaturated/α-hetero) is 1. The van der Waals surface area contributed by atoms with Crippen LogP contribution in [0.3, 0.4) is 0 Å². The van der Waals surface area contributed by atoms with Crippen LogP contribution in [0.15, 0.2) is 0 Å². The van der Waals surface area contributed by atoms with Gasteiger partial charge in [-0.25, -0.2) is 0 Å². The van der Waals surface area contributed by atoms with E-state index in [0.29, 0.717) is 5.92 Å². The van der Waals surface area contributed by atoms with E-state index >= 15 is 0 Å². The molecule has 0 aliphatic heterocycles. The predicted molar refractivity (Wildman–Crippen MR) is 92.5 cm³/mol. The summed E-state index contributed by atoms with van der Waals surface area (Å²) in [7, 11) is 1.77. The first-order valence-electron chi connectivity index (χ1n) is 9.59. The number of aliphatic hydroxyl groups is 2. The maximum absolute atomic E-state index is 13.1. The molecule has 0 heterocycles. The fourth-order valence-corrected chi connectivity index (χ4v) is 6.64. The molecule has 3 saturated carbocycles. The zero-order chi connectivity index (χ0) is 17.9. The maximum atomic E-state index is 13.1. The van der Waals surface area contributed by atoms with Crippen molar-refractivity contribution in [3.05, 3.63) is 0 Å². The van der Waals surface area contributed by atoms with Crippen molar-refractivity contribution < 1.29 is 19.7 Å². The molecule has 0 aromatic carbocycles. The highest BCUT2D eigenvalue weighted by Gasteiger charge is 2.66. The van der Waals surface area contributed by atoms with Crippen molar-refractivity contribution in [2.75, 3.05) is 7.11 Å². The number of hydrogen-bond donors (Lipinski definition) is 2. The highest BCUT2D eigenvalue weighted by molar-refractivity contribution is 5.89. The molecule has 2 N–H and O–H groups in total. The Balaban J connectivity index is 2.21. The summed E-state index contributed by atoms with van der Waals surface area (Å²) in [6.45, 7) is 8.00. The second-order valence-corrected chi connectivity index (χ2v) is 9.26. The second kappa shape index (κ2) is 5.78. The van der Waals surface area contributed by atoms with E-state index in [1.165, 1.54) is 0 Å². The molecule has 0 aromatic heterocycles. The number of aliphatic hydroxyl groups excluding tert-OH is 1. The average Bonchev–Trinajstić information content (AvgIpc) is 2.55. The number of methoxy groups -OCH3 is 1. The largest absolute Gasteiger partial charge is 0.392 e. The molecule has 3 aliphatic carbocycles. The van der Waals surface area contributed by atoms with Gasteiger partial charge in [0.2, 0.25) is 0 Å². The minimum Gasteiger partial charge on any atom is -0.392 e. The summed E-state index contributed by atoms with van der Waals surface area (Å²) < 4.78 is 5.90. The van der Waals surface area contributed by atoms with Gasteiger partial charge in [0, 0.05) is 24.9 Å². The Morgan fingerprint density at radius 1 is 1.17 bits per heavy atom. The normalized spacial score (nSPS) is 55.5. The monoisotopic (exact) mass is 338 g/mol. The first kappa shape index (κ1) is 18.3. The Morgan fingerprint density at radius 3 is 2.46 bits per heavy atom. The van der Waals surface area contributed by atoms with Crippen molar-refractivity contribution in [2.24, 2.45) is 28.6 Å². The Bertz CT molecular complexity index is 516. The van der Waals surface area contributed by atoms with Gasteiger partial charge < -0.3 is 14.9 Å². The SMILES string of the molecule is CO[C@@H]1CCCC23CC[C@@H](C)[C@](C)(C12)[C@H](O)C[C@@](C)(O)C(=O)[C@@H]3C. The van der Waals surface area contributed by atoms with E-state index in [0.717, 1.165) is 32.1 Å². The molecule has 138 valence electrons. The molecule has 4 nitrogen and oxygen atoms in total. The second-order valence-electron chi connectivity index (χ2n) is 9.26. The van der Waals surface area contributed by atoms with Gasteiger partial charge in [0.1, 0.15) is 5.60 Å². The molecule has 8 atom stereocenters. The molecule has 3 rings (SSSR count). The van der Waals surface area contributed by atoms with Gasteiger partial charge in [-0.1, -0.05) is 27.2 Å². The standard InChI is InChI=1S/C20H34O4/c1-12-8-10-20-9-6-7-14(24-5)16(20)19(12,4)15(21)11-18(3,23)17(22)13(20)2/h12-16,21,23H,6-11H2,1-5H3/t12-,13+,14-,15-,16?,18-,19+,20?/m1/s1. The molecular weight excluding hydrogens is 304 g/mol. The number of carbonyl (C=O) groups is 1. The zero-order valence-electron chi connectivity index (χ0n) is 15.8. The summed E-state index contributed by atoms with van der Waals surface area (Å²) in [5.74, 6) is 0.213. The van der Waals surface area contributed by atoms with E-state index in [1.807, 2.05) is 6.92 Å². The molecule has 0 amide bonds. The molecular formula is C20H34O4. The van der Waals surface area contributed by atoms with Crippen molar-refractivity contribution in [3.63, 3.8) is 0 Å². The van der Waals surface area contributed by atoms with Gasteiger partial charge in [-0.2, -0.15) is 0 Å². The molecule has 3 fully saturated rings. The first-order chi connectivity index (χ1) is 11.1. The average molecular weight is 338 g/mol. The van der Waals surface area contributed by atoms with E-state index < -0.39 is 11.7 Å². The lowest BCUT2D eigenvalue weighted by molar-refractivity contribution is -0.229. The highest BCUT2D eigenvalue weighted by atomic mass is 16.5. The topological polar surface area (TPSA) is 66.8 Å². The van der Waals surface area contributed by atoms with Crippen molar-refractivity contribution in [2.45, 2.75) is 84.0 Å². The van der Waals surface area contributed by atoms with E-state index in [2.05, 4.69) is 13.8 Å². The van der Waals surface area contributed by atoms with Gasteiger partial charge >= 0.3 is 0 Å². The summed E-state index contributed by atoms with van der Waals surface area (Å²) in [6, 6.07) is 0. The van der Waals surface area contributed by atoms with E-state index in [9.17, 15) is 15.0 Å². The number of ketones is 1. The predicted octanol–water partition coefficient (Wildman–Crippen LogP) is 2.94. The molecule has 2 unspecified atom stereocenters. The van der Waals surface area contributed by atoms with Crippen LogP contribution in [0.1, 0.15) is 66.2 Å². The lowest BCUT2D eigenvalue weighted by Crippen LogP contribution is -2.67. The summed E-state index contributed by atoms with van der Waals surface area (Å²) in [5.41, 5.74) is -1.95. The lowest BCUT2D eigenvalue weighted by Gasteiger charge is -2.65. The fourth-order valence-electron chi connectivity index (χ4n) is 6.64. The minimum atomic E-state index is -1.45. The molecule has 4 heteroatoms. The Hall–Kier alpha value is -0.450. The van der Waals surface area contributed by atoms with Gasteiger partial charge in [0.25, 0.3) is 0 Å². The van der Waals surface area contributed by atoms with Gasteiger partial charge in [-0.3, -0.25) is 4.79 Å². The fraction of sp³-hybridized carbons (Fsp3) is 0.950. The summed E-state index contributed by atoms with van der Waals surface area (Å²) >= 11 is 0. The van der Waals surface area contributed by atoms with Gasteiger partial charge in [0.05, 0.1) is 12.2 Å². The third-order valence-corrected chi connectivity index (χ3v) is 8.29. The van der Waals surface area contributed by atoms with Crippen LogP contribution in [0.5, 0.6) is 0 Å². The van der Waals surface area contributed by atoms with Crippen LogP contribution in [0.4, 0.5) is 0 Å². The van der Waals surface area contributed by atoms with Crippen molar-refractivity contribution in [3.8, 4) is 0 Å². The van der Waals surface area contributed by atoms with Gasteiger partial charge in [-0.15, -0.1) is 0 Å². The Labute approximate surface area is 146 Å². The quantitative estimate of drug-likeness (QED) is 0.771. The number of hydrogen-bond acceptors (Lipinski definition) is 4. The molecule has 24 heavy (non-hydrogen) atoms. The van der Waals surface area contributed by atoms with E-state index in [-0.39, 0.29) is 41.0 Å². The Morgan fingerprint density at radius 2 is 1.83 bits per heavy atom. The molecule has 0 spiro atoms. The summed E-state index contributed by atoms with van der Waals surface area (Å²) in [5, 5.41) is 22.0. The van der Waals surface area contributed by atoms with Crippen LogP contribution >= 0.6 is 0 Å². The minimum absolute atomic E-state index is 0.0828. The Kier molecular flexibility index (Phi) is 4.42. The number of carbonyl (C=O) groups excluding carboxylic acids is 1. The number of ether oxygens (including phenoxy) is 1. The molecule has 0 radical (unpaired) electrons. The van der Waals surface area contributed by atoms with Crippen LogP contribution in [0.25, 0.3) is 0 Å². The third-order valence-electron chi connectivity index (χ3n) is 8.29. The van der Waals surface area contributed by atoms with Crippen LogP contribution in [0, 0.1) is 28.6 Å². The third kappa shape index (κ3) is 2.25. The van der Waals surface area contributed by atoms with Crippen molar-refractivity contribution in [1.82, 2.24) is 0 Å². The van der Waals surface area contributed by atoms with Gasteiger partial charge in [0.15, 0.2) is 5.78 Å². The summed E-state index contributed by atoms with van der Waals surface area (Å²) in [4.78, 5) is 13.1. The maximum Gasteiger partial charge on any atom is 0.167 e. The van der Waals surface area contributed by atoms with Gasteiger partial charge in [-0.05, 0) is 49.9 Å². The van der Waals surface area contributed by atoms with E-state index in [4.69, 9.17) is 4.74 Å². The first-order valence-corrected chi connectivity index (χ1v) is 9.59. The van der Waals surface area contributed by atoms with Crippen molar-refractivity contribution in [1.29, 1.82) is 0 Å². The summed E-state index contributed by atoms with van der Waals surface area (Å²) in [6.07, 6.45) is 4.57. The molecule has 2 bridgehead atoms. The molecule has 0 aromatic rings. The molecule has 3 aliphatic rings. The van der Waals surface area contributed by atoms with Crippen LogP contribution in [-0.4, -0.2) is 40.9 Å². The lowest BCUT2D eigenvalue weighted by atomic mass is 9.40. The van der Waals surface area contributed by atoms with Crippen LogP contribution < -0.4 is 0 Å². The van der Waals surface area contributed by atoms with Crippen LogP contribution in [0.2, 0.25) is 0 Å². The highest BCUT2D eigenvalue weighted by Crippen LogP contribution is 2.66.